The summed E-state index contributed by atoms with van der Waals surface area (Å²) < 4.78 is 39.6. The van der Waals surface area contributed by atoms with E-state index >= 15 is 0 Å². The summed E-state index contributed by atoms with van der Waals surface area (Å²) in [5, 5.41) is 6.74. The molecule has 0 spiro atoms. The second-order valence-electron chi connectivity index (χ2n) is 10.2. The molecule has 2 N–H and O–H groups in total. The van der Waals surface area contributed by atoms with Crippen LogP contribution in [0.15, 0.2) is 90.1 Å². The van der Waals surface area contributed by atoms with Crippen LogP contribution in [0.25, 0.3) is 10.9 Å². The molecule has 0 saturated carbocycles. The van der Waals surface area contributed by atoms with E-state index in [1.807, 2.05) is 56.6 Å². The van der Waals surface area contributed by atoms with Crippen molar-refractivity contribution in [1.82, 2.24) is 29.7 Å². The van der Waals surface area contributed by atoms with Gasteiger partial charge in [-0.1, -0.05) is 24.3 Å². The number of halogens is 3. The average molecular weight is 588 g/mol. The minimum absolute atomic E-state index is 0.0334. The van der Waals surface area contributed by atoms with Crippen molar-refractivity contribution in [3.63, 3.8) is 0 Å². The molecular formula is C31H28F3N7O2. The first-order valence-corrected chi connectivity index (χ1v) is 13.3. The molecule has 3 aromatic heterocycles. The molecule has 0 bridgehead atoms. The van der Waals surface area contributed by atoms with Crippen molar-refractivity contribution in [3.8, 4) is 0 Å². The summed E-state index contributed by atoms with van der Waals surface area (Å²) >= 11 is 0. The van der Waals surface area contributed by atoms with Gasteiger partial charge in [0.25, 0.3) is 11.5 Å². The Morgan fingerprint density at radius 2 is 1.67 bits per heavy atom. The Bertz CT molecular complexity index is 1800. The minimum atomic E-state index is -4.55. The molecule has 1 amide bonds. The summed E-state index contributed by atoms with van der Waals surface area (Å²) in [6, 6.07) is 18.6. The van der Waals surface area contributed by atoms with Gasteiger partial charge in [0.1, 0.15) is 11.3 Å². The molecule has 0 aliphatic rings. The predicted octanol–water partition coefficient (Wildman–Crippen LogP) is 4.99. The number of hydrogen-bond donors (Lipinski definition) is 2. The molecule has 220 valence electrons. The third-order valence-electron chi connectivity index (χ3n) is 6.54. The van der Waals surface area contributed by atoms with E-state index in [0.29, 0.717) is 11.5 Å². The van der Waals surface area contributed by atoms with Gasteiger partial charge in [0.2, 0.25) is 5.95 Å². The van der Waals surface area contributed by atoms with Crippen LogP contribution in [0, 0.1) is 0 Å². The normalized spacial score (nSPS) is 11.6. The standard InChI is InChI=1S/C31H28F3N7O2/c1-40(2)18-20-5-9-24(10-6-20)38-30-37-17-23-14-21(7-11-26(23)39-30)15-36-28(42)25-4-3-13-41(29(25)43)19-22-8-12-27(35-16-22)31(32,33)34/h3-14,16-17H,15,18-19H2,1-2H3,(H,36,42)(H,37,38,39). The maximum atomic E-state index is 12.9. The second-order valence-corrected chi connectivity index (χ2v) is 10.2. The Hall–Kier alpha value is -5.10. The summed E-state index contributed by atoms with van der Waals surface area (Å²) in [4.78, 5) is 40.3. The summed E-state index contributed by atoms with van der Waals surface area (Å²) in [6.45, 7) is 0.975. The van der Waals surface area contributed by atoms with Crippen LogP contribution in [-0.2, 0) is 25.8 Å². The number of benzene rings is 2. The first-order valence-electron chi connectivity index (χ1n) is 13.3. The number of nitrogens with one attached hydrogen (secondary N) is 2. The third kappa shape index (κ3) is 7.41. The molecule has 12 heteroatoms. The largest absolute Gasteiger partial charge is 0.433 e. The van der Waals surface area contributed by atoms with Gasteiger partial charge in [-0.3, -0.25) is 14.6 Å². The van der Waals surface area contributed by atoms with Crippen molar-refractivity contribution >= 4 is 28.4 Å². The highest BCUT2D eigenvalue weighted by Gasteiger charge is 2.32. The van der Waals surface area contributed by atoms with E-state index in [9.17, 15) is 22.8 Å². The highest BCUT2D eigenvalue weighted by Crippen LogP contribution is 2.27. The van der Waals surface area contributed by atoms with Crippen LogP contribution in [0.3, 0.4) is 0 Å². The highest BCUT2D eigenvalue weighted by molar-refractivity contribution is 5.93. The Kier molecular flexibility index (Phi) is 8.48. The van der Waals surface area contributed by atoms with Gasteiger partial charge >= 0.3 is 6.18 Å². The van der Waals surface area contributed by atoms with E-state index in [2.05, 4.69) is 30.5 Å². The number of hydrogen-bond acceptors (Lipinski definition) is 7. The fourth-order valence-electron chi connectivity index (χ4n) is 4.43. The number of amides is 1. The molecule has 43 heavy (non-hydrogen) atoms. The van der Waals surface area contributed by atoms with Crippen LogP contribution in [0.2, 0.25) is 0 Å². The van der Waals surface area contributed by atoms with E-state index in [1.165, 1.54) is 34.5 Å². The van der Waals surface area contributed by atoms with Crippen molar-refractivity contribution in [2.45, 2.75) is 25.8 Å². The van der Waals surface area contributed by atoms with Crippen LogP contribution in [-0.4, -0.2) is 44.4 Å². The molecule has 0 fully saturated rings. The molecule has 5 rings (SSSR count). The van der Waals surface area contributed by atoms with E-state index in [0.717, 1.165) is 41.0 Å². The number of carbonyl (C=O) groups is 1. The summed E-state index contributed by atoms with van der Waals surface area (Å²) in [7, 11) is 4.04. The molecule has 0 atom stereocenters. The molecule has 0 aliphatic carbocycles. The molecule has 5 aromatic rings. The lowest BCUT2D eigenvalue weighted by atomic mass is 10.1. The van der Waals surface area contributed by atoms with E-state index in [4.69, 9.17) is 0 Å². The van der Waals surface area contributed by atoms with Crippen molar-refractivity contribution < 1.29 is 18.0 Å². The molecule has 0 radical (unpaired) electrons. The van der Waals surface area contributed by atoms with Crippen LogP contribution >= 0.6 is 0 Å². The van der Waals surface area contributed by atoms with E-state index < -0.39 is 23.3 Å². The van der Waals surface area contributed by atoms with Gasteiger partial charge in [-0.25, -0.2) is 9.97 Å². The fraction of sp³-hybridized carbons (Fsp3) is 0.194. The zero-order valence-corrected chi connectivity index (χ0v) is 23.4. The highest BCUT2D eigenvalue weighted by atomic mass is 19.4. The number of anilines is 2. The zero-order chi connectivity index (χ0) is 30.6. The van der Waals surface area contributed by atoms with Crippen LogP contribution in [0.4, 0.5) is 24.8 Å². The maximum absolute atomic E-state index is 12.9. The van der Waals surface area contributed by atoms with Gasteiger partial charge < -0.3 is 20.1 Å². The lowest BCUT2D eigenvalue weighted by Crippen LogP contribution is -2.32. The molecule has 2 aromatic carbocycles. The van der Waals surface area contributed by atoms with Crippen molar-refractivity contribution in [1.29, 1.82) is 0 Å². The average Bonchev–Trinajstić information content (AvgIpc) is 2.97. The number of pyridine rings is 2. The SMILES string of the molecule is CN(C)Cc1ccc(Nc2ncc3cc(CNC(=O)c4cccn(Cc5ccc(C(F)(F)F)nc5)c4=O)ccc3n2)cc1. The van der Waals surface area contributed by atoms with Crippen molar-refractivity contribution in [2.75, 3.05) is 19.4 Å². The minimum Gasteiger partial charge on any atom is -0.348 e. The van der Waals surface area contributed by atoms with Gasteiger partial charge in [-0.2, -0.15) is 13.2 Å². The lowest BCUT2D eigenvalue weighted by molar-refractivity contribution is -0.141. The summed E-state index contributed by atoms with van der Waals surface area (Å²) in [5.74, 6) is -0.112. The number of alkyl halides is 3. The monoisotopic (exact) mass is 587 g/mol. The predicted molar refractivity (Wildman–Crippen MR) is 157 cm³/mol. The zero-order valence-electron chi connectivity index (χ0n) is 23.4. The van der Waals surface area contributed by atoms with Gasteiger partial charge in [0, 0.05) is 42.8 Å². The van der Waals surface area contributed by atoms with Gasteiger partial charge in [0.15, 0.2) is 0 Å². The summed E-state index contributed by atoms with van der Waals surface area (Å²) in [6.07, 6.45) is -0.329. The van der Waals surface area contributed by atoms with Crippen LogP contribution < -0.4 is 16.2 Å². The number of nitrogens with zero attached hydrogens (tertiary/aromatic N) is 5. The van der Waals surface area contributed by atoms with E-state index in [-0.39, 0.29) is 18.7 Å². The second kappa shape index (κ2) is 12.4. The molecule has 0 saturated heterocycles. The Morgan fingerprint density at radius 1 is 0.930 bits per heavy atom. The van der Waals surface area contributed by atoms with Gasteiger partial charge in [-0.15, -0.1) is 0 Å². The van der Waals surface area contributed by atoms with E-state index in [1.54, 1.807) is 6.20 Å². The van der Waals surface area contributed by atoms with Crippen LogP contribution in [0.1, 0.15) is 32.7 Å². The molecule has 9 nitrogen and oxygen atoms in total. The number of rotatable bonds is 9. The topological polar surface area (TPSA) is 105 Å². The number of aromatic nitrogens is 4. The smallest absolute Gasteiger partial charge is 0.348 e. The van der Waals surface area contributed by atoms with Gasteiger partial charge in [-0.05, 0) is 73.3 Å². The Morgan fingerprint density at radius 3 is 2.37 bits per heavy atom. The molecule has 3 heterocycles. The number of carbonyl (C=O) groups excluding carboxylic acids is 1. The van der Waals surface area contributed by atoms with Gasteiger partial charge in [0.05, 0.1) is 12.1 Å². The fourth-order valence-corrected chi connectivity index (χ4v) is 4.43. The van der Waals surface area contributed by atoms with Crippen molar-refractivity contribution in [2.24, 2.45) is 0 Å². The first kappa shape index (κ1) is 29.4. The molecular weight excluding hydrogens is 559 g/mol. The maximum Gasteiger partial charge on any atom is 0.433 e. The summed E-state index contributed by atoms with van der Waals surface area (Å²) in [5.41, 5.74) is 2.30. The Balaban J connectivity index is 1.22. The van der Waals surface area contributed by atoms with Crippen molar-refractivity contribution in [3.05, 3.63) is 124 Å². The molecule has 0 aliphatic heterocycles. The quantitative estimate of drug-likeness (QED) is 0.250. The first-order chi connectivity index (χ1) is 20.5. The lowest BCUT2D eigenvalue weighted by Gasteiger charge is -2.11. The third-order valence-corrected chi connectivity index (χ3v) is 6.54. The molecule has 0 unspecified atom stereocenters. The Labute approximate surface area is 245 Å². The number of fused-ring (bicyclic) bond motifs is 1. The van der Waals surface area contributed by atoms with Crippen LogP contribution in [0.5, 0.6) is 0 Å².